The van der Waals surface area contributed by atoms with Crippen LogP contribution >= 0.6 is 0 Å². The largest absolute Gasteiger partial charge is 0.497 e. The highest BCUT2D eigenvalue weighted by atomic mass is 16.6. The smallest absolute Gasteiger partial charge is 0.338 e. The van der Waals surface area contributed by atoms with Crippen LogP contribution in [0.25, 0.3) is 0 Å². The van der Waals surface area contributed by atoms with E-state index in [2.05, 4.69) is 5.32 Å². The minimum atomic E-state index is -0.556. The number of ether oxygens (including phenoxy) is 4. The number of carbonyl (C=O) groups is 2. The number of nitrogens with one attached hydrogen (secondary N) is 1. The normalized spacial score (nSPS) is 12.2. The molecule has 0 fully saturated rings. The van der Waals surface area contributed by atoms with Gasteiger partial charge in [-0.25, -0.2) is 4.79 Å². The highest BCUT2D eigenvalue weighted by molar-refractivity contribution is 5.91. The maximum absolute atomic E-state index is 11.9. The number of benzene rings is 2. The second-order valence-corrected chi connectivity index (χ2v) is 5.88. The van der Waals surface area contributed by atoms with Gasteiger partial charge in [-0.1, -0.05) is 6.07 Å². The number of fused-ring (bicyclic) bond motifs is 1. The van der Waals surface area contributed by atoms with Crippen LogP contribution in [0.2, 0.25) is 0 Å². The van der Waals surface area contributed by atoms with Crippen LogP contribution in [0.4, 0.5) is 0 Å². The van der Waals surface area contributed by atoms with Crippen molar-refractivity contribution < 1.29 is 28.5 Å². The van der Waals surface area contributed by atoms with Crippen molar-refractivity contribution in [1.82, 2.24) is 5.32 Å². The van der Waals surface area contributed by atoms with Gasteiger partial charge in [-0.3, -0.25) is 4.79 Å². The van der Waals surface area contributed by atoms with Gasteiger partial charge in [-0.15, -0.1) is 0 Å². The van der Waals surface area contributed by atoms with Gasteiger partial charge in [0.25, 0.3) is 5.91 Å². The highest BCUT2D eigenvalue weighted by Crippen LogP contribution is 2.30. The molecule has 0 aliphatic carbocycles. The summed E-state index contributed by atoms with van der Waals surface area (Å²) < 4.78 is 21.0. The van der Waals surface area contributed by atoms with Crippen molar-refractivity contribution in [1.29, 1.82) is 0 Å². The fraction of sp³-hybridized carbons (Fsp3) is 0.300. The van der Waals surface area contributed by atoms with Crippen molar-refractivity contribution >= 4 is 11.9 Å². The second kappa shape index (κ2) is 8.93. The molecule has 2 aromatic rings. The maximum atomic E-state index is 11.9. The predicted octanol–water partition coefficient (Wildman–Crippen LogP) is 1.98. The van der Waals surface area contributed by atoms with Gasteiger partial charge in [0.1, 0.15) is 19.0 Å². The SMILES string of the molecule is COc1ccc(C(=O)OCC(=O)NCCc2ccc3c(c2)OCCO3)cc1. The van der Waals surface area contributed by atoms with E-state index in [0.29, 0.717) is 37.5 Å². The minimum Gasteiger partial charge on any atom is -0.497 e. The Hall–Kier alpha value is -3.22. The van der Waals surface area contributed by atoms with E-state index in [1.807, 2.05) is 18.2 Å². The molecule has 0 aromatic heterocycles. The molecule has 0 radical (unpaired) electrons. The summed E-state index contributed by atoms with van der Waals surface area (Å²) in [6, 6.07) is 12.2. The Morgan fingerprint density at radius 1 is 1.04 bits per heavy atom. The van der Waals surface area contributed by atoms with Crippen LogP contribution in [0, 0.1) is 0 Å². The van der Waals surface area contributed by atoms with E-state index in [9.17, 15) is 9.59 Å². The van der Waals surface area contributed by atoms with Crippen molar-refractivity contribution in [3.05, 3.63) is 53.6 Å². The molecular weight excluding hydrogens is 350 g/mol. The fourth-order valence-electron chi connectivity index (χ4n) is 2.58. The Kier molecular flexibility index (Phi) is 6.14. The third kappa shape index (κ3) is 5.13. The van der Waals surface area contributed by atoms with Crippen molar-refractivity contribution in [2.45, 2.75) is 6.42 Å². The van der Waals surface area contributed by atoms with Gasteiger partial charge < -0.3 is 24.3 Å². The van der Waals surface area contributed by atoms with E-state index in [-0.39, 0.29) is 12.5 Å². The van der Waals surface area contributed by atoms with Crippen LogP contribution < -0.4 is 19.5 Å². The number of esters is 1. The summed E-state index contributed by atoms with van der Waals surface area (Å²) in [6.07, 6.45) is 0.634. The molecule has 0 unspecified atom stereocenters. The fourth-order valence-corrected chi connectivity index (χ4v) is 2.58. The summed E-state index contributed by atoms with van der Waals surface area (Å²) in [4.78, 5) is 23.8. The Bertz CT molecular complexity index is 803. The van der Waals surface area contributed by atoms with E-state index < -0.39 is 5.97 Å². The van der Waals surface area contributed by atoms with Crippen LogP contribution in [-0.2, 0) is 16.0 Å². The molecule has 1 aliphatic heterocycles. The Morgan fingerprint density at radius 2 is 1.78 bits per heavy atom. The van der Waals surface area contributed by atoms with Crippen molar-refractivity contribution in [3.63, 3.8) is 0 Å². The zero-order chi connectivity index (χ0) is 19.1. The van der Waals surface area contributed by atoms with Gasteiger partial charge in [0, 0.05) is 6.54 Å². The molecule has 1 N–H and O–H groups in total. The Morgan fingerprint density at radius 3 is 2.52 bits per heavy atom. The zero-order valence-corrected chi connectivity index (χ0v) is 15.0. The minimum absolute atomic E-state index is 0.327. The van der Waals surface area contributed by atoms with E-state index in [0.717, 1.165) is 17.1 Å². The molecule has 1 heterocycles. The average Bonchev–Trinajstić information content (AvgIpc) is 2.72. The first-order valence-electron chi connectivity index (χ1n) is 8.62. The molecule has 0 bridgehead atoms. The summed E-state index contributed by atoms with van der Waals surface area (Å²) in [5.41, 5.74) is 1.38. The number of rotatable bonds is 7. The zero-order valence-electron chi connectivity index (χ0n) is 15.0. The summed E-state index contributed by atoms with van der Waals surface area (Å²) in [5, 5.41) is 2.73. The van der Waals surface area contributed by atoms with Gasteiger partial charge in [-0.05, 0) is 48.4 Å². The predicted molar refractivity (Wildman–Crippen MR) is 97.4 cm³/mol. The van der Waals surface area contributed by atoms with Crippen LogP contribution in [0.5, 0.6) is 17.2 Å². The molecule has 27 heavy (non-hydrogen) atoms. The van der Waals surface area contributed by atoms with Crippen molar-refractivity contribution in [2.24, 2.45) is 0 Å². The van der Waals surface area contributed by atoms with Crippen LogP contribution in [0.3, 0.4) is 0 Å². The van der Waals surface area contributed by atoms with Crippen LogP contribution in [-0.4, -0.2) is 45.4 Å². The van der Waals surface area contributed by atoms with Crippen molar-refractivity contribution in [2.75, 3.05) is 33.5 Å². The van der Waals surface area contributed by atoms with E-state index in [1.54, 1.807) is 31.4 Å². The van der Waals surface area contributed by atoms with Gasteiger partial charge in [0.2, 0.25) is 0 Å². The summed E-state index contributed by atoms with van der Waals surface area (Å²) >= 11 is 0. The first-order chi connectivity index (χ1) is 13.2. The molecule has 1 amide bonds. The van der Waals surface area contributed by atoms with E-state index >= 15 is 0 Å². The molecule has 1 aliphatic rings. The average molecular weight is 371 g/mol. The molecule has 3 rings (SSSR count). The third-order valence-electron chi connectivity index (χ3n) is 4.00. The first kappa shape index (κ1) is 18.6. The van der Waals surface area contributed by atoms with Gasteiger partial charge in [0.15, 0.2) is 18.1 Å². The number of carbonyl (C=O) groups excluding carboxylic acids is 2. The molecular formula is C20H21NO6. The lowest BCUT2D eigenvalue weighted by Gasteiger charge is -2.18. The van der Waals surface area contributed by atoms with E-state index in [4.69, 9.17) is 18.9 Å². The topological polar surface area (TPSA) is 83.1 Å². The first-order valence-corrected chi connectivity index (χ1v) is 8.62. The standard InChI is InChI=1S/C20H21NO6/c1-24-16-5-3-15(4-6-16)20(23)27-13-19(22)21-9-8-14-2-7-17-18(12-14)26-11-10-25-17/h2-7,12H,8-11,13H2,1H3,(H,21,22). The molecule has 7 heteroatoms. The van der Waals surface area contributed by atoms with Crippen molar-refractivity contribution in [3.8, 4) is 17.2 Å². The molecule has 7 nitrogen and oxygen atoms in total. The van der Waals surface area contributed by atoms with Gasteiger partial charge in [-0.2, -0.15) is 0 Å². The number of amides is 1. The number of hydrogen-bond acceptors (Lipinski definition) is 6. The molecule has 0 saturated heterocycles. The quantitative estimate of drug-likeness (QED) is 0.750. The monoisotopic (exact) mass is 371 g/mol. The van der Waals surface area contributed by atoms with Crippen LogP contribution in [0.1, 0.15) is 15.9 Å². The molecule has 2 aromatic carbocycles. The molecule has 0 atom stereocenters. The van der Waals surface area contributed by atoms with E-state index in [1.165, 1.54) is 0 Å². The second-order valence-electron chi connectivity index (χ2n) is 5.88. The number of methoxy groups -OCH3 is 1. The lowest BCUT2D eigenvalue weighted by molar-refractivity contribution is -0.124. The molecule has 0 saturated carbocycles. The third-order valence-corrected chi connectivity index (χ3v) is 4.00. The lowest BCUT2D eigenvalue weighted by atomic mass is 10.1. The maximum Gasteiger partial charge on any atom is 0.338 e. The Labute approximate surface area is 157 Å². The molecule has 142 valence electrons. The molecule has 0 spiro atoms. The van der Waals surface area contributed by atoms with Crippen LogP contribution in [0.15, 0.2) is 42.5 Å². The summed E-state index contributed by atoms with van der Waals surface area (Å²) in [7, 11) is 1.54. The number of hydrogen-bond donors (Lipinski definition) is 1. The lowest BCUT2D eigenvalue weighted by Crippen LogP contribution is -2.30. The summed E-state index contributed by atoms with van der Waals surface area (Å²) in [5.74, 6) is 1.19. The van der Waals surface area contributed by atoms with Gasteiger partial charge >= 0.3 is 5.97 Å². The van der Waals surface area contributed by atoms with Gasteiger partial charge in [0.05, 0.1) is 12.7 Å². The highest BCUT2D eigenvalue weighted by Gasteiger charge is 2.12. The Balaban J connectivity index is 1.40. The summed E-state index contributed by atoms with van der Waals surface area (Å²) in [6.45, 7) is 1.19.